The van der Waals surface area contributed by atoms with Crippen LogP contribution in [-0.4, -0.2) is 79.0 Å². The molecule has 32 heavy (non-hydrogen) atoms. The Morgan fingerprint density at radius 1 is 1.12 bits per heavy atom. The van der Waals surface area contributed by atoms with Crippen LogP contribution in [0.2, 0.25) is 0 Å². The summed E-state index contributed by atoms with van der Waals surface area (Å²) in [5, 5.41) is 0. The molecule has 0 bridgehead atoms. The van der Waals surface area contributed by atoms with Crippen LogP contribution in [0.25, 0.3) is 0 Å². The Balaban J connectivity index is 1.40. The van der Waals surface area contributed by atoms with Crippen molar-refractivity contribution in [2.24, 2.45) is 11.8 Å². The van der Waals surface area contributed by atoms with E-state index in [0.29, 0.717) is 38.1 Å². The fourth-order valence-corrected chi connectivity index (χ4v) is 5.92. The topological polar surface area (TPSA) is 53.1 Å². The molecule has 3 saturated heterocycles. The molecular weight excluding hydrogens is 402 g/mol. The Kier molecular flexibility index (Phi) is 8.20. The number of piperidine rings is 2. The number of fused-ring (bicyclic) bond motifs is 1. The molecule has 0 radical (unpaired) electrons. The van der Waals surface area contributed by atoms with Crippen LogP contribution in [0.5, 0.6) is 0 Å². The number of benzene rings is 1. The highest BCUT2D eigenvalue weighted by Gasteiger charge is 2.39. The summed E-state index contributed by atoms with van der Waals surface area (Å²) in [5.41, 5.74) is 1.12. The number of amides is 2. The van der Waals surface area contributed by atoms with Crippen molar-refractivity contribution in [2.75, 3.05) is 46.4 Å². The lowest BCUT2D eigenvalue weighted by molar-refractivity contribution is -0.137. The highest BCUT2D eigenvalue weighted by atomic mass is 16.5. The van der Waals surface area contributed by atoms with Crippen molar-refractivity contribution in [3.63, 3.8) is 0 Å². The van der Waals surface area contributed by atoms with E-state index in [1.807, 2.05) is 35.2 Å². The highest BCUT2D eigenvalue weighted by molar-refractivity contribution is 5.89. The molecule has 1 aromatic rings. The minimum Gasteiger partial charge on any atom is -0.385 e. The average molecular weight is 442 g/mol. The molecule has 4 rings (SSSR count). The number of likely N-dealkylation sites (tertiary alicyclic amines) is 1. The third-order valence-corrected chi connectivity index (χ3v) is 7.55. The van der Waals surface area contributed by atoms with Gasteiger partial charge in [0.15, 0.2) is 0 Å². The maximum Gasteiger partial charge on any atom is 0.228 e. The largest absolute Gasteiger partial charge is 0.385 e. The van der Waals surface area contributed by atoms with Gasteiger partial charge in [0.25, 0.3) is 0 Å². The molecule has 0 aromatic heterocycles. The molecule has 0 spiro atoms. The van der Waals surface area contributed by atoms with Crippen LogP contribution in [0.1, 0.15) is 50.5 Å². The molecule has 3 aliphatic heterocycles. The van der Waals surface area contributed by atoms with Crippen molar-refractivity contribution in [1.29, 1.82) is 0 Å². The predicted molar refractivity (Wildman–Crippen MR) is 125 cm³/mol. The summed E-state index contributed by atoms with van der Waals surface area (Å²) >= 11 is 0. The van der Waals surface area contributed by atoms with Gasteiger partial charge < -0.3 is 19.4 Å². The molecular formula is C26H39N3O3. The number of carbonyl (C=O) groups excluding carboxylic acids is 2. The SMILES string of the molecule is COCCCN(C[C@@H]1CCCN2CCCC[C@H]12)C(=O)C1CC(=O)N(Cc2ccccc2)C1. The van der Waals surface area contributed by atoms with E-state index >= 15 is 0 Å². The fourth-order valence-electron chi connectivity index (χ4n) is 5.92. The first kappa shape index (κ1) is 23.2. The molecule has 176 valence electrons. The first-order valence-electron chi connectivity index (χ1n) is 12.5. The molecule has 1 unspecified atom stereocenters. The van der Waals surface area contributed by atoms with Crippen LogP contribution in [0.4, 0.5) is 0 Å². The second kappa shape index (κ2) is 11.3. The third-order valence-electron chi connectivity index (χ3n) is 7.55. The predicted octanol–water partition coefficient (Wildman–Crippen LogP) is 3.16. The quantitative estimate of drug-likeness (QED) is 0.553. The smallest absolute Gasteiger partial charge is 0.228 e. The minimum absolute atomic E-state index is 0.0974. The summed E-state index contributed by atoms with van der Waals surface area (Å²) in [6.45, 7) is 5.76. The second-order valence-corrected chi connectivity index (χ2v) is 9.79. The minimum atomic E-state index is -0.222. The van der Waals surface area contributed by atoms with Crippen LogP contribution < -0.4 is 0 Å². The lowest BCUT2D eigenvalue weighted by Gasteiger charge is -2.46. The number of nitrogens with zero attached hydrogens (tertiary/aromatic N) is 3. The zero-order valence-electron chi connectivity index (χ0n) is 19.6. The van der Waals surface area contributed by atoms with Crippen molar-refractivity contribution >= 4 is 11.8 Å². The van der Waals surface area contributed by atoms with E-state index in [1.165, 1.54) is 45.2 Å². The standard InChI is InChI=1S/C26H39N3O3/c1-32-16-8-15-28(19-22-11-7-14-27-13-6-5-12-24(22)27)26(31)23-17-25(30)29(20-23)18-21-9-3-2-4-10-21/h2-4,9-10,22-24H,5-8,11-20H2,1H3/t22-,23?,24+/m0/s1. The molecule has 6 heteroatoms. The van der Waals surface area contributed by atoms with Crippen LogP contribution in [0.3, 0.4) is 0 Å². The van der Waals surface area contributed by atoms with Gasteiger partial charge in [0.2, 0.25) is 11.8 Å². The van der Waals surface area contributed by atoms with Crippen molar-refractivity contribution in [3.8, 4) is 0 Å². The molecule has 2 amide bonds. The first-order valence-corrected chi connectivity index (χ1v) is 12.5. The fraction of sp³-hybridized carbons (Fsp3) is 0.692. The van der Waals surface area contributed by atoms with Gasteiger partial charge in [0, 0.05) is 52.4 Å². The normalized spacial score (nSPS) is 26.2. The molecule has 0 aliphatic carbocycles. The zero-order chi connectivity index (χ0) is 22.3. The van der Waals surface area contributed by atoms with Gasteiger partial charge in [0.1, 0.15) is 0 Å². The number of rotatable bonds is 9. The summed E-state index contributed by atoms with van der Waals surface area (Å²) < 4.78 is 5.27. The first-order chi connectivity index (χ1) is 15.7. The van der Waals surface area contributed by atoms with Gasteiger partial charge in [0.05, 0.1) is 5.92 Å². The Hall–Kier alpha value is -1.92. The summed E-state index contributed by atoms with van der Waals surface area (Å²) in [6, 6.07) is 10.7. The van der Waals surface area contributed by atoms with Gasteiger partial charge in [-0.25, -0.2) is 0 Å². The van der Waals surface area contributed by atoms with Crippen LogP contribution in [-0.2, 0) is 20.9 Å². The van der Waals surface area contributed by atoms with Gasteiger partial charge in [-0.2, -0.15) is 0 Å². The van der Waals surface area contributed by atoms with Crippen LogP contribution in [0.15, 0.2) is 30.3 Å². The van der Waals surface area contributed by atoms with Gasteiger partial charge in [-0.1, -0.05) is 36.8 Å². The van der Waals surface area contributed by atoms with Crippen molar-refractivity contribution in [1.82, 2.24) is 14.7 Å². The van der Waals surface area contributed by atoms with E-state index in [1.54, 1.807) is 7.11 Å². The second-order valence-electron chi connectivity index (χ2n) is 9.79. The number of hydrogen-bond donors (Lipinski definition) is 0. The number of carbonyl (C=O) groups is 2. The van der Waals surface area contributed by atoms with E-state index in [-0.39, 0.29) is 17.7 Å². The Labute approximate surface area is 192 Å². The van der Waals surface area contributed by atoms with E-state index < -0.39 is 0 Å². The van der Waals surface area contributed by atoms with E-state index in [0.717, 1.165) is 25.1 Å². The maximum absolute atomic E-state index is 13.6. The van der Waals surface area contributed by atoms with Crippen LogP contribution >= 0.6 is 0 Å². The molecule has 3 aliphatic rings. The lowest BCUT2D eigenvalue weighted by atomic mass is 9.83. The van der Waals surface area contributed by atoms with Crippen molar-refractivity contribution < 1.29 is 14.3 Å². The highest BCUT2D eigenvalue weighted by Crippen LogP contribution is 2.32. The van der Waals surface area contributed by atoms with Gasteiger partial charge in [-0.3, -0.25) is 9.59 Å². The number of ether oxygens (including phenoxy) is 1. The molecule has 1 aromatic carbocycles. The molecule has 0 N–H and O–H groups in total. The Morgan fingerprint density at radius 2 is 1.94 bits per heavy atom. The van der Waals surface area contributed by atoms with E-state index in [2.05, 4.69) is 9.80 Å². The summed E-state index contributed by atoms with van der Waals surface area (Å²) in [4.78, 5) is 32.9. The third kappa shape index (κ3) is 5.70. The monoisotopic (exact) mass is 441 g/mol. The zero-order valence-corrected chi connectivity index (χ0v) is 19.6. The van der Waals surface area contributed by atoms with E-state index in [4.69, 9.17) is 4.74 Å². The lowest BCUT2D eigenvalue weighted by Crippen LogP contribution is -2.52. The van der Waals surface area contributed by atoms with Gasteiger partial charge in [-0.15, -0.1) is 0 Å². The van der Waals surface area contributed by atoms with E-state index in [9.17, 15) is 9.59 Å². The Bertz CT molecular complexity index is 754. The summed E-state index contributed by atoms with van der Waals surface area (Å²) in [5.74, 6) is 0.589. The Morgan fingerprint density at radius 3 is 2.75 bits per heavy atom. The van der Waals surface area contributed by atoms with Crippen LogP contribution in [0, 0.1) is 11.8 Å². The number of hydrogen-bond acceptors (Lipinski definition) is 4. The molecule has 3 heterocycles. The molecule has 3 atom stereocenters. The summed E-state index contributed by atoms with van der Waals surface area (Å²) in [6.07, 6.45) is 7.50. The average Bonchev–Trinajstić information content (AvgIpc) is 3.19. The van der Waals surface area contributed by atoms with Crippen molar-refractivity contribution in [2.45, 2.75) is 57.5 Å². The molecule has 0 saturated carbocycles. The number of methoxy groups -OCH3 is 1. The molecule has 6 nitrogen and oxygen atoms in total. The van der Waals surface area contributed by atoms with Crippen molar-refractivity contribution in [3.05, 3.63) is 35.9 Å². The maximum atomic E-state index is 13.6. The summed E-state index contributed by atoms with van der Waals surface area (Å²) in [7, 11) is 1.71. The molecule has 3 fully saturated rings. The van der Waals surface area contributed by atoms with Gasteiger partial charge >= 0.3 is 0 Å². The van der Waals surface area contributed by atoms with Gasteiger partial charge in [-0.05, 0) is 56.7 Å².